The number of piperazine rings is 1. The smallest absolute Gasteiger partial charge is 0.252 e. The summed E-state index contributed by atoms with van der Waals surface area (Å²) >= 11 is 1.36. The standard InChI is InChI=1S/C20H24N6O2S2/c1-3-16-7-8-20(29-16)30(27,28)26-12-10-25(11-13-26)19-14-18(22-15(2)23-19)24-17-6-4-5-9-21-17/h4-9,14H,3,10-13H2,1-2H3,(H,21,22,23,24). The third-order valence-corrected chi connectivity index (χ3v) is 8.48. The fraction of sp³-hybridized carbons (Fsp3) is 0.350. The summed E-state index contributed by atoms with van der Waals surface area (Å²) in [6, 6.07) is 11.1. The van der Waals surface area contributed by atoms with E-state index in [2.05, 4.69) is 25.2 Å². The van der Waals surface area contributed by atoms with Crippen molar-refractivity contribution < 1.29 is 8.42 Å². The Morgan fingerprint density at radius 1 is 1.07 bits per heavy atom. The number of aryl methyl sites for hydroxylation is 2. The van der Waals surface area contributed by atoms with Crippen molar-refractivity contribution in [1.29, 1.82) is 0 Å². The number of aromatic nitrogens is 3. The van der Waals surface area contributed by atoms with Crippen LogP contribution in [0.25, 0.3) is 0 Å². The van der Waals surface area contributed by atoms with Crippen LogP contribution in [-0.2, 0) is 16.4 Å². The number of thiophene rings is 1. The van der Waals surface area contributed by atoms with Gasteiger partial charge < -0.3 is 10.2 Å². The van der Waals surface area contributed by atoms with Crippen molar-refractivity contribution in [1.82, 2.24) is 19.3 Å². The molecule has 8 nitrogen and oxygen atoms in total. The lowest BCUT2D eigenvalue weighted by Gasteiger charge is -2.34. The van der Waals surface area contributed by atoms with Gasteiger partial charge in [0, 0.05) is 43.3 Å². The summed E-state index contributed by atoms with van der Waals surface area (Å²) in [7, 11) is -3.44. The zero-order chi connectivity index (χ0) is 21.1. The Hall–Kier alpha value is -2.56. The molecular formula is C20H24N6O2S2. The number of sulfonamides is 1. The van der Waals surface area contributed by atoms with Crippen LogP contribution in [0.3, 0.4) is 0 Å². The molecule has 4 heterocycles. The second kappa shape index (κ2) is 8.66. The quantitative estimate of drug-likeness (QED) is 0.625. The summed E-state index contributed by atoms with van der Waals surface area (Å²) in [6.07, 6.45) is 2.56. The molecule has 3 aromatic rings. The number of hydrogen-bond donors (Lipinski definition) is 1. The van der Waals surface area contributed by atoms with Crippen molar-refractivity contribution in [3.8, 4) is 0 Å². The van der Waals surface area contributed by atoms with Gasteiger partial charge in [-0.25, -0.2) is 23.4 Å². The van der Waals surface area contributed by atoms with E-state index >= 15 is 0 Å². The molecular weight excluding hydrogens is 420 g/mol. The van der Waals surface area contributed by atoms with E-state index < -0.39 is 10.0 Å². The maximum atomic E-state index is 12.9. The van der Waals surface area contributed by atoms with E-state index in [1.54, 1.807) is 16.6 Å². The lowest BCUT2D eigenvalue weighted by atomic mass is 10.3. The van der Waals surface area contributed by atoms with Crippen molar-refractivity contribution in [2.45, 2.75) is 24.5 Å². The number of pyridine rings is 1. The minimum Gasteiger partial charge on any atom is -0.354 e. The third kappa shape index (κ3) is 4.45. The Labute approximate surface area is 180 Å². The van der Waals surface area contributed by atoms with E-state index in [1.165, 1.54) is 11.3 Å². The van der Waals surface area contributed by atoms with Gasteiger partial charge in [0.1, 0.15) is 27.5 Å². The Balaban J connectivity index is 1.46. The van der Waals surface area contributed by atoms with Gasteiger partial charge in [0.2, 0.25) is 0 Å². The van der Waals surface area contributed by atoms with Crippen LogP contribution in [0.1, 0.15) is 17.6 Å². The summed E-state index contributed by atoms with van der Waals surface area (Å²) in [5, 5.41) is 3.19. The van der Waals surface area contributed by atoms with E-state index in [9.17, 15) is 8.42 Å². The van der Waals surface area contributed by atoms with Crippen molar-refractivity contribution in [3.63, 3.8) is 0 Å². The zero-order valence-electron chi connectivity index (χ0n) is 16.9. The molecule has 0 unspecified atom stereocenters. The molecule has 0 atom stereocenters. The predicted octanol–water partition coefficient (Wildman–Crippen LogP) is 3.06. The summed E-state index contributed by atoms with van der Waals surface area (Å²) in [5.41, 5.74) is 0. The van der Waals surface area contributed by atoms with Crippen LogP contribution in [0, 0.1) is 6.92 Å². The molecule has 1 saturated heterocycles. The minimum atomic E-state index is -3.44. The summed E-state index contributed by atoms with van der Waals surface area (Å²) in [4.78, 5) is 16.4. The first-order valence-corrected chi connectivity index (χ1v) is 12.1. The molecule has 0 saturated carbocycles. The van der Waals surface area contributed by atoms with Crippen LogP contribution in [0.15, 0.2) is 46.8 Å². The van der Waals surface area contributed by atoms with E-state index in [0.717, 1.165) is 17.1 Å². The van der Waals surface area contributed by atoms with Crippen LogP contribution in [-0.4, -0.2) is 53.9 Å². The van der Waals surface area contributed by atoms with Crippen molar-refractivity contribution in [2.75, 3.05) is 36.4 Å². The van der Waals surface area contributed by atoms with E-state index in [4.69, 9.17) is 0 Å². The van der Waals surface area contributed by atoms with Gasteiger partial charge in [0.05, 0.1) is 0 Å². The normalized spacial score (nSPS) is 15.3. The molecule has 1 N–H and O–H groups in total. The van der Waals surface area contributed by atoms with Crippen LogP contribution >= 0.6 is 11.3 Å². The van der Waals surface area contributed by atoms with E-state index in [-0.39, 0.29) is 0 Å². The average molecular weight is 445 g/mol. The third-order valence-electron chi connectivity index (χ3n) is 4.89. The molecule has 0 spiro atoms. The summed E-state index contributed by atoms with van der Waals surface area (Å²) in [5.74, 6) is 2.80. The molecule has 1 fully saturated rings. The molecule has 0 amide bonds. The number of nitrogens with one attached hydrogen (secondary N) is 1. The molecule has 0 bridgehead atoms. The molecule has 3 aromatic heterocycles. The Bertz CT molecular complexity index is 1110. The number of nitrogens with zero attached hydrogens (tertiary/aromatic N) is 5. The average Bonchev–Trinajstić information content (AvgIpc) is 3.24. The van der Waals surface area contributed by atoms with Gasteiger partial charge in [0.25, 0.3) is 10.0 Å². The fourth-order valence-corrected chi connectivity index (χ4v) is 6.19. The molecule has 0 aromatic carbocycles. The maximum Gasteiger partial charge on any atom is 0.252 e. The zero-order valence-corrected chi connectivity index (χ0v) is 18.6. The Morgan fingerprint density at radius 2 is 1.87 bits per heavy atom. The van der Waals surface area contributed by atoms with E-state index in [0.29, 0.717) is 47.8 Å². The predicted molar refractivity (Wildman–Crippen MR) is 119 cm³/mol. The first-order valence-electron chi connectivity index (χ1n) is 9.83. The Morgan fingerprint density at radius 3 is 2.53 bits per heavy atom. The second-order valence-corrected chi connectivity index (χ2v) is 10.3. The molecule has 0 aliphatic carbocycles. The van der Waals surface area contributed by atoms with Crippen molar-refractivity contribution >= 4 is 38.8 Å². The lowest BCUT2D eigenvalue weighted by molar-refractivity contribution is 0.384. The highest BCUT2D eigenvalue weighted by molar-refractivity contribution is 7.91. The summed E-state index contributed by atoms with van der Waals surface area (Å²) in [6.45, 7) is 5.87. The van der Waals surface area contributed by atoms with Gasteiger partial charge in [-0.1, -0.05) is 13.0 Å². The van der Waals surface area contributed by atoms with Gasteiger partial charge in [-0.15, -0.1) is 11.3 Å². The highest BCUT2D eigenvalue weighted by Crippen LogP contribution is 2.27. The summed E-state index contributed by atoms with van der Waals surface area (Å²) < 4.78 is 27.9. The molecule has 1 aliphatic rings. The van der Waals surface area contributed by atoms with Crippen LogP contribution in [0.5, 0.6) is 0 Å². The highest BCUT2D eigenvalue weighted by atomic mass is 32.2. The first-order chi connectivity index (χ1) is 14.5. The van der Waals surface area contributed by atoms with Gasteiger partial charge in [0.15, 0.2) is 0 Å². The maximum absolute atomic E-state index is 12.9. The molecule has 4 rings (SSSR count). The largest absolute Gasteiger partial charge is 0.354 e. The molecule has 0 radical (unpaired) electrons. The van der Waals surface area contributed by atoms with Crippen LogP contribution in [0.4, 0.5) is 17.5 Å². The molecule has 30 heavy (non-hydrogen) atoms. The second-order valence-electron chi connectivity index (χ2n) is 6.96. The fourth-order valence-electron chi connectivity index (χ4n) is 3.32. The molecule has 10 heteroatoms. The monoisotopic (exact) mass is 444 g/mol. The first kappa shape index (κ1) is 20.7. The molecule has 1 aliphatic heterocycles. The van der Waals surface area contributed by atoms with Crippen molar-refractivity contribution in [3.05, 3.63) is 53.3 Å². The Kier molecular flexibility index (Phi) is 5.98. The number of anilines is 3. The van der Waals surface area contributed by atoms with Crippen molar-refractivity contribution in [2.24, 2.45) is 0 Å². The van der Waals surface area contributed by atoms with Crippen LogP contribution < -0.4 is 10.2 Å². The SMILES string of the molecule is CCc1ccc(S(=O)(=O)N2CCN(c3cc(Nc4ccccn4)nc(C)n3)CC2)s1. The van der Waals surface area contributed by atoms with Gasteiger partial charge in [-0.2, -0.15) is 4.31 Å². The lowest BCUT2D eigenvalue weighted by Crippen LogP contribution is -2.48. The van der Waals surface area contributed by atoms with Crippen LogP contribution in [0.2, 0.25) is 0 Å². The topological polar surface area (TPSA) is 91.3 Å². The number of rotatable bonds is 6. The highest BCUT2D eigenvalue weighted by Gasteiger charge is 2.30. The minimum absolute atomic E-state index is 0.424. The number of hydrogen-bond acceptors (Lipinski definition) is 8. The molecule has 158 valence electrons. The van der Waals surface area contributed by atoms with Gasteiger partial charge in [-0.05, 0) is 37.6 Å². The van der Waals surface area contributed by atoms with E-state index in [1.807, 2.05) is 44.2 Å². The van der Waals surface area contributed by atoms with Gasteiger partial charge in [-0.3, -0.25) is 0 Å². The van der Waals surface area contributed by atoms with Gasteiger partial charge >= 0.3 is 0 Å².